The van der Waals surface area contributed by atoms with Crippen molar-refractivity contribution in [2.75, 3.05) is 0 Å². The smallest absolute Gasteiger partial charge is 0.00399 e. The third-order valence-electron chi connectivity index (χ3n) is 1.57. The summed E-state index contributed by atoms with van der Waals surface area (Å²) >= 11 is 4.08. The summed E-state index contributed by atoms with van der Waals surface area (Å²) in [5.74, 6) is 0.884. The van der Waals surface area contributed by atoms with Crippen molar-refractivity contribution >= 4 is 61.5 Å². The van der Waals surface area contributed by atoms with E-state index in [1.807, 2.05) is 30.3 Å². The Morgan fingerprint density at radius 1 is 1.15 bits per heavy atom. The van der Waals surface area contributed by atoms with Crippen molar-refractivity contribution in [3.05, 3.63) is 30.3 Å². The minimum Gasteiger partial charge on any atom is -0.143 e. The number of rotatable bonds is 1. The molecule has 0 bridgehead atoms. The van der Waals surface area contributed by atoms with Crippen LogP contribution in [0.4, 0.5) is 0 Å². The summed E-state index contributed by atoms with van der Waals surface area (Å²) in [6.45, 7) is 6.64. The Morgan fingerprint density at radius 2 is 1.54 bits per heavy atom. The van der Waals surface area contributed by atoms with Gasteiger partial charge in [0.05, 0.1) is 0 Å². The van der Waals surface area contributed by atoms with Crippen molar-refractivity contribution in [1.82, 2.24) is 0 Å². The fraction of sp³-hybridized carbons (Fsp3) is 0.455. The number of thiol groups is 1. The summed E-state index contributed by atoms with van der Waals surface area (Å²) in [4.78, 5) is 1.02. The van der Waals surface area contributed by atoms with Gasteiger partial charge in [0.1, 0.15) is 0 Å². The molecular formula is C11H18BaS. The van der Waals surface area contributed by atoms with Crippen LogP contribution >= 0.6 is 12.6 Å². The number of benzene rings is 1. The third-order valence-corrected chi connectivity index (χ3v) is 1.87. The maximum atomic E-state index is 4.08. The van der Waals surface area contributed by atoms with Crippen LogP contribution in [0.3, 0.4) is 0 Å². The van der Waals surface area contributed by atoms with Crippen LogP contribution in [0.25, 0.3) is 0 Å². The van der Waals surface area contributed by atoms with Gasteiger partial charge in [0.15, 0.2) is 0 Å². The molecule has 13 heavy (non-hydrogen) atoms. The van der Waals surface area contributed by atoms with E-state index >= 15 is 0 Å². The van der Waals surface area contributed by atoms with Gasteiger partial charge in [-0.1, -0.05) is 45.4 Å². The van der Waals surface area contributed by atoms with E-state index in [4.69, 9.17) is 0 Å². The minimum absolute atomic E-state index is 0. The molecule has 0 saturated heterocycles. The van der Waals surface area contributed by atoms with E-state index in [-0.39, 0.29) is 48.9 Å². The van der Waals surface area contributed by atoms with Gasteiger partial charge in [0.25, 0.3) is 0 Å². The molecule has 0 spiro atoms. The number of hydrogen-bond donors (Lipinski definition) is 1. The molecule has 0 nitrogen and oxygen atoms in total. The zero-order valence-corrected chi connectivity index (χ0v) is 14.2. The summed E-state index contributed by atoms with van der Waals surface area (Å²) in [6, 6.07) is 9.79. The quantitative estimate of drug-likeness (QED) is 0.593. The molecule has 0 heterocycles. The molecule has 0 aliphatic carbocycles. The van der Waals surface area contributed by atoms with Crippen molar-refractivity contribution in [3.8, 4) is 0 Å². The summed E-state index contributed by atoms with van der Waals surface area (Å²) in [5, 5.41) is 0. The Labute approximate surface area is 128 Å². The van der Waals surface area contributed by atoms with E-state index in [0.29, 0.717) is 0 Å². The second kappa shape index (κ2) is 11.2. The van der Waals surface area contributed by atoms with Gasteiger partial charge in [-0.25, -0.2) is 0 Å². The standard InChI is InChI=1S/C6H6S.C5H12.Ba/c7-6-4-2-1-3-5-6;1-4-5(2)3;/h1-5,7H;5H,4H2,1-3H3;. The van der Waals surface area contributed by atoms with Gasteiger partial charge in [-0.3, -0.25) is 0 Å². The monoisotopic (exact) mass is 320 g/mol. The Bertz CT molecular complexity index is 185. The van der Waals surface area contributed by atoms with Crippen LogP contribution in [-0.2, 0) is 0 Å². The molecule has 1 aromatic carbocycles. The van der Waals surface area contributed by atoms with Crippen LogP contribution in [-0.4, -0.2) is 48.9 Å². The van der Waals surface area contributed by atoms with Crippen molar-refractivity contribution in [2.24, 2.45) is 5.92 Å². The molecule has 0 saturated carbocycles. The molecule has 0 N–H and O–H groups in total. The molecule has 2 radical (unpaired) electrons. The van der Waals surface area contributed by atoms with Crippen LogP contribution < -0.4 is 0 Å². The molecule has 2 heteroatoms. The average molecular weight is 320 g/mol. The second-order valence-electron chi connectivity index (χ2n) is 3.14. The van der Waals surface area contributed by atoms with Gasteiger partial charge in [0.2, 0.25) is 0 Å². The van der Waals surface area contributed by atoms with Gasteiger partial charge >= 0.3 is 0 Å². The largest absolute Gasteiger partial charge is 0.143 e. The summed E-state index contributed by atoms with van der Waals surface area (Å²) in [5.41, 5.74) is 0. The zero-order valence-electron chi connectivity index (χ0n) is 8.83. The maximum absolute atomic E-state index is 4.08. The second-order valence-corrected chi connectivity index (χ2v) is 3.65. The van der Waals surface area contributed by atoms with Crippen LogP contribution in [0.1, 0.15) is 27.2 Å². The van der Waals surface area contributed by atoms with Gasteiger partial charge in [-0.15, -0.1) is 12.6 Å². The Balaban J connectivity index is 0. The fourth-order valence-electron chi connectivity index (χ4n) is 0.428. The van der Waals surface area contributed by atoms with Crippen molar-refractivity contribution in [1.29, 1.82) is 0 Å². The van der Waals surface area contributed by atoms with Gasteiger partial charge < -0.3 is 0 Å². The summed E-state index contributed by atoms with van der Waals surface area (Å²) in [6.07, 6.45) is 1.31. The molecule has 70 valence electrons. The summed E-state index contributed by atoms with van der Waals surface area (Å²) in [7, 11) is 0. The topological polar surface area (TPSA) is 0 Å². The Hall–Kier alpha value is 1.14. The molecule has 0 amide bonds. The molecule has 0 aliphatic rings. The average Bonchev–Trinajstić information content (AvgIpc) is 2.07. The normalized spacial score (nSPS) is 8.38. The first-order chi connectivity index (χ1) is 5.66. The van der Waals surface area contributed by atoms with Crippen molar-refractivity contribution < 1.29 is 0 Å². The first-order valence-electron chi connectivity index (χ1n) is 4.40. The molecule has 0 unspecified atom stereocenters. The van der Waals surface area contributed by atoms with Crippen molar-refractivity contribution in [3.63, 3.8) is 0 Å². The Kier molecular flexibility index (Phi) is 14.3. The van der Waals surface area contributed by atoms with Crippen LogP contribution in [0.15, 0.2) is 35.2 Å². The predicted molar refractivity (Wildman–Crippen MR) is 64.6 cm³/mol. The van der Waals surface area contributed by atoms with Crippen LogP contribution in [0.2, 0.25) is 0 Å². The van der Waals surface area contributed by atoms with E-state index in [9.17, 15) is 0 Å². The van der Waals surface area contributed by atoms with Crippen LogP contribution in [0, 0.1) is 5.92 Å². The van der Waals surface area contributed by atoms with E-state index in [1.165, 1.54) is 6.42 Å². The zero-order chi connectivity index (χ0) is 9.40. The van der Waals surface area contributed by atoms with Crippen LogP contribution in [0.5, 0.6) is 0 Å². The molecule has 0 fully saturated rings. The van der Waals surface area contributed by atoms with Gasteiger partial charge in [0, 0.05) is 53.8 Å². The Morgan fingerprint density at radius 3 is 1.69 bits per heavy atom. The minimum atomic E-state index is 0. The van der Waals surface area contributed by atoms with E-state index in [1.54, 1.807) is 0 Å². The first-order valence-corrected chi connectivity index (χ1v) is 4.85. The van der Waals surface area contributed by atoms with E-state index in [2.05, 4.69) is 33.4 Å². The first kappa shape index (κ1) is 16.6. The maximum Gasteiger partial charge on any atom is 0.00399 e. The SMILES string of the molecule is CCC(C)C.Sc1ccccc1.[Ba]. The summed E-state index contributed by atoms with van der Waals surface area (Å²) < 4.78 is 0. The van der Waals surface area contributed by atoms with E-state index < -0.39 is 0 Å². The molecular weight excluding hydrogens is 302 g/mol. The predicted octanol–water partition coefficient (Wildman–Crippen LogP) is 3.65. The van der Waals surface area contributed by atoms with Gasteiger partial charge in [-0.2, -0.15) is 0 Å². The molecule has 1 rings (SSSR count). The molecule has 1 aromatic rings. The van der Waals surface area contributed by atoms with E-state index in [0.717, 1.165) is 10.8 Å². The van der Waals surface area contributed by atoms with Gasteiger partial charge in [-0.05, 0) is 18.1 Å². The third kappa shape index (κ3) is 13.1. The molecule has 0 aliphatic heterocycles. The molecule has 0 aromatic heterocycles. The fourth-order valence-corrected chi connectivity index (χ4v) is 0.600. The van der Waals surface area contributed by atoms with Crippen molar-refractivity contribution in [2.45, 2.75) is 32.1 Å². The molecule has 0 atom stereocenters. The number of hydrogen-bond acceptors (Lipinski definition) is 1.